The summed E-state index contributed by atoms with van der Waals surface area (Å²) in [6.45, 7) is 10.1. The highest BCUT2D eigenvalue weighted by molar-refractivity contribution is 6.29. The van der Waals surface area contributed by atoms with Crippen molar-refractivity contribution in [2.75, 3.05) is 13.1 Å². The first-order valence-corrected chi connectivity index (χ1v) is 11.3. The topological polar surface area (TPSA) is 63.1 Å². The van der Waals surface area contributed by atoms with Crippen LogP contribution < -0.4 is 5.32 Å². The number of aryl methyl sites for hydroxylation is 2. The van der Waals surface area contributed by atoms with Crippen molar-refractivity contribution in [3.63, 3.8) is 0 Å². The van der Waals surface area contributed by atoms with Crippen LogP contribution in [0, 0.1) is 6.92 Å². The van der Waals surface area contributed by atoms with Gasteiger partial charge in [0.25, 0.3) is 0 Å². The molecule has 4 rings (SSSR count). The maximum atomic E-state index is 12.4. The van der Waals surface area contributed by atoms with Crippen LogP contribution in [0.4, 0.5) is 0 Å². The van der Waals surface area contributed by atoms with Gasteiger partial charge in [0, 0.05) is 29.4 Å². The normalized spacial score (nSPS) is 18.8. The van der Waals surface area contributed by atoms with Crippen molar-refractivity contribution in [2.45, 2.75) is 39.3 Å². The first-order valence-electron chi connectivity index (χ1n) is 10.9. The molecule has 2 aliphatic heterocycles. The Hall–Kier alpha value is -2.96. The number of nitrogens with one attached hydrogen (secondary N) is 1. The lowest BCUT2D eigenvalue weighted by molar-refractivity contribution is -0.118. The van der Waals surface area contributed by atoms with Gasteiger partial charge in [0.15, 0.2) is 0 Å². The number of carbonyl (C=O) groups is 1. The third kappa shape index (κ3) is 4.33. The Balaban J connectivity index is 1.89. The first-order chi connectivity index (χ1) is 15.5. The van der Waals surface area contributed by atoms with Gasteiger partial charge in [-0.05, 0) is 68.2 Å². The van der Waals surface area contributed by atoms with E-state index in [9.17, 15) is 4.79 Å². The molecule has 0 saturated carbocycles. The average Bonchev–Trinajstić information content (AvgIpc) is 3.08. The number of amides is 1. The first kappa shape index (κ1) is 22.2. The fourth-order valence-corrected chi connectivity index (χ4v) is 4.68. The highest BCUT2D eigenvalue weighted by Crippen LogP contribution is 2.40. The highest BCUT2D eigenvalue weighted by Gasteiger charge is 2.30. The number of fused-ring (bicyclic) bond motifs is 3. The third-order valence-corrected chi connectivity index (χ3v) is 6.11. The van der Waals surface area contributed by atoms with Crippen LogP contribution in [-0.4, -0.2) is 39.4 Å². The Morgan fingerprint density at radius 2 is 2.25 bits per heavy atom. The molecule has 7 heteroatoms. The van der Waals surface area contributed by atoms with Crippen molar-refractivity contribution < 1.29 is 4.79 Å². The molecule has 6 nitrogen and oxygen atoms in total. The quantitative estimate of drug-likeness (QED) is 0.510. The van der Waals surface area contributed by atoms with Crippen molar-refractivity contribution in [1.82, 2.24) is 25.2 Å². The average molecular weight is 450 g/mol. The summed E-state index contributed by atoms with van der Waals surface area (Å²) in [5, 5.41) is 12.6. The number of halogens is 1. The maximum Gasteiger partial charge on any atom is 0.214 e. The van der Waals surface area contributed by atoms with Crippen LogP contribution in [0.25, 0.3) is 16.8 Å². The van der Waals surface area contributed by atoms with E-state index in [1.165, 1.54) is 11.1 Å². The van der Waals surface area contributed by atoms with E-state index in [-0.39, 0.29) is 6.04 Å². The second-order valence-corrected chi connectivity index (χ2v) is 8.70. The summed E-state index contributed by atoms with van der Waals surface area (Å²) < 4.78 is 1.94. The van der Waals surface area contributed by atoms with Crippen molar-refractivity contribution in [1.29, 1.82) is 0 Å². The summed E-state index contributed by atoms with van der Waals surface area (Å²) in [4.78, 5) is 14.2. The number of nitrogens with zero attached hydrogens (tertiary/aromatic N) is 4. The Labute approximate surface area is 193 Å². The van der Waals surface area contributed by atoms with Crippen LogP contribution >= 0.6 is 11.6 Å². The Morgan fingerprint density at radius 3 is 2.94 bits per heavy atom. The van der Waals surface area contributed by atoms with E-state index in [1.54, 1.807) is 24.0 Å². The van der Waals surface area contributed by atoms with Crippen molar-refractivity contribution in [2.24, 2.45) is 0 Å². The number of rotatable bonds is 6. The lowest BCUT2D eigenvalue weighted by atomic mass is 9.90. The molecule has 0 radical (unpaired) electrons. The number of hydrogen-bond acceptors (Lipinski definition) is 4. The summed E-state index contributed by atoms with van der Waals surface area (Å²) >= 11 is 6.19. The van der Waals surface area contributed by atoms with E-state index in [0.29, 0.717) is 23.7 Å². The molecule has 3 heterocycles. The predicted octanol–water partition coefficient (Wildman–Crippen LogP) is 4.75. The third-order valence-electron chi connectivity index (χ3n) is 6.00. The van der Waals surface area contributed by atoms with Crippen molar-refractivity contribution in [3.8, 4) is 11.3 Å². The summed E-state index contributed by atoms with van der Waals surface area (Å²) in [6.07, 6.45) is 10.1. The van der Waals surface area contributed by atoms with Crippen LogP contribution in [0.5, 0.6) is 0 Å². The largest absolute Gasteiger partial charge is 0.313 e. The minimum Gasteiger partial charge on any atom is -0.313 e. The van der Waals surface area contributed by atoms with E-state index < -0.39 is 0 Å². The Morgan fingerprint density at radius 1 is 1.41 bits per heavy atom. The number of allylic oxidation sites excluding steroid dienone is 4. The summed E-state index contributed by atoms with van der Waals surface area (Å²) in [5.74, 6) is 0. The zero-order valence-corrected chi connectivity index (χ0v) is 19.3. The van der Waals surface area contributed by atoms with Crippen LogP contribution in [0.1, 0.15) is 42.6 Å². The molecule has 1 atom stereocenters. The van der Waals surface area contributed by atoms with E-state index in [0.717, 1.165) is 48.4 Å². The molecular weight excluding hydrogens is 422 g/mol. The van der Waals surface area contributed by atoms with Gasteiger partial charge in [-0.1, -0.05) is 47.7 Å². The molecule has 0 fully saturated rings. The maximum absolute atomic E-state index is 12.4. The van der Waals surface area contributed by atoms with E-state index in [1.807, 2.05) is 17.7 Å². The van der Waals surface area contributed by atoms with Crippen molar-refractivity contribution in [3.05, 3.63) is 76.6 Å². The van der Waals surface area contributed by atoms with Crippen molar-refractivity contribution >= 4 is 23.6 Å². The summed E-state index contributed by atoms with van der Waals surface area (Å²) in [5.41, 5.74) is 7.28. The number of carbonyl (C=O) groups excluding carboxylic acids is 1. The predicted molar refractivity (Wildman–Crippen MR) is 129 cm³/mol. The lowest BCUT2D eigenvalue weighted by Gasteiger charge is -2.30. The Kier molecular flexibility index (Phi) is 6.72. The summed E-state index contributed by atoms with van der Waals surface area (Å²) in [7, 11) is 0. The van der Waals surface area contributed by atoms with Gasteiger partial charge in [0.05, 0.1) is 17.4 Å². The Bertz CT molecular complexity index is 1120. The molecule has 0 saturated heterocycles. The van der Waals surface area contributed by atoms with E-state index in [4.69, 9.17) is 11.6 Å². The fourth-order valence-electron chi connectivity index (χ4n) is 4.57. The van der Waals surface area contributed by atoms with Crippen LogP contribution in [0.2, 0.25) is 0 Å². The lowest BCUT2D eigenvalue weighted by Crippen LogP contribution is -2.27. The van der Waals surface area contributed by atoms with Gasteiger partial charge in [-0.25, -0.2) is 4.68 Å². The smallest absolute Gasteiger partial charge is 0.214 e. The zero-order valence-electron chi connectivity index (χ0n) is 18.5. The molecule has 0 bridgehead atoms. The van der Waals surface area contributed by atoms with Gasteiger partial charge in [0.1, 0.15) is 0 Å². The molecule has 2 aliphatic rings. The van der Waals surface area contributed by atoms with Gasteiger partial charge < -0.3 is 10.2 Å². The second kappa shape index (κ2) is 9.67. The van der Waals surface area contributed by atoms with Gasteiger partial charge in [-0.3, -0.25) is 4.79 Å². The van der Waals surface area contributed by atoms with Crippen LogP contribution in [-0.2, 0) is 11.3 Å². The van der Waals surface area contributed by atoms with E-state index in [2.05, 4.69) is 46.5 Å². The molecular formula is C25H28ClN5O. The SMILES string of the molecule is C=C/C=C(\C=C(/C)Cl)N(C=O)C1CCn2nnc(C)c2-c2ccc(C3=CCNCC3)cc21. The molecule has 1 aromatic heterocycles. The standard InChI is InChI=1S/C25H28ClN5O/c1-4-5-21(14-17(2)26)30(16-32)24-10-13-31-25(18(3)28-29-31)22-7-6-20(15-23(22)24)19-8-11-27-12-9-19/h4-8,14-16,24,27H,1,9-13H2,2-3H3/b17-14+,21-5+. The van der Waals surface area contributed by atoms with Gasteiger partial charge >= 0.3 is 0 Å². The molecule has 1 amide bonds. The van der Waals surface area contributed by atoms with Gasteiger partial charge in [-0.2, -0.15) is 0 Å². The van der Waals surface area contributed by atoms with Gasteiger partial charge in [0.2, 0.25) is 6.41 Å². The second-order valence-electron chi connectivity index (χ2n) is 8.11. The molecule has 32 heavy (non-hydrogen) atoms. The molecule has 0 aliphatic carbocycles. The fraction of sp³-hybridized carbons (Fsp3) is 0.320. The monoisotopic (exact) mass is 449 g/mol. The van der Waals surface area contributed by atoms with Gasteiger partial charge in [-0.15, -0.1) is 5.10 Å². The number of hydrogen-bond donors (Lipinski definition) is 1. The molecule has 1 N–H and O–H groups in total. The molecule has 166 valence electrons. The molecule has 1 unspecified atom stereocenters. The molecule has 2 aromatic rings. The number of aromatic nitrogens is 3. The molecule has 0 spiro atoms. The minimum atomic E-state index is -0.177. The zero-order chi connectivity index (χ0) is 22.7. The molecule has 1 aromatic carbocycles. The minimum absolute atomic E-state index is 0.177. The highest BCUT2D eigenvalue weighted by atomic mass is 35.5. The van der Waals surface area contributed by atoms with E-state index >= 15 is 0 Å². The van der Waals surface area contributed by atoms with Crippen LogP contribution in [0.3, 0.4) is 0 Å². The number of benzene rings is 1. The summed E-state index contributed by atoms with van der Waals surface area (Å²) in [6, 6.07) is 6.38. The van der Waals surface area contributed by atoms with Crippen LogP contribution in [0.15, 0.2) is 59.8 Å².